The number of benzene rings is 3. The van der Waals surface area contributed by atoms with E-state index in [1.165, 1.54) is 11.8 Å². The molecule has 32 heavy (non-hydrogen) atoms. The zero-order chi connectivity index (χ0) is 22.7. The van der Waals surface area contributed by atoms with E-state index in [4.69, 9.17) is 32.7 Å². The second-order valence-corrected chi connectivity index (χ2v) is 8.60. The third-order valence-corrected chi connectivity index (χ3v) is 6.40. The molecule has 0 unspecified atom stereocenters. The smallest absolute Gasteiger partial charge is 0.264 e. The lowest BCUT2D eigenvalue weighted by molar-refractivity contribution is -0.115. The number of carbonyl (C=O) groups is 1. The van der Waals surface area contributed by atoms with Crippen LogP contribution in [0, 0.1) is 0 Å². The van der Waals surface area contributed by atoms with Crippen LogP contribution in [0.1, 0.15) is 19.4 Å². The van der Waals surface area contributed by atoms with E-state index >= 15 is 0 Å². The Bertz CT molecular complexity index is 1250. The molecule has 0 spiro atoms. The molecule has 0 atom stereocenters. The second-order valence-electron chi connectivity index (χ2n) is 6.78. The van der Waals surface area contributed by atoms with E-state index in [0.29, 0.717) is 44.8 Å². The summed E-state index contributed by atoms with van der Waals surface area (Å²) in [6.07, 6.45) is 1.82. The van der Waals surface area contributed by atoms with Crippen molar-refractivity contribution in [3.05, 3.63) is 69.0 Å². The van der Waals surface area contributed by atoms with E-state index < -0.39 is 0 Å². The van der Waals surface area contributed by atoms with Crippen LogP contribution in [0.15, 0.2) is 58.4 Å². The van der Waals surface area contributed by atoms with Crippen molar-refractivity contribution < 1.29 is 14.3 Å². The van der Waals surface area contributed by atoms with Crippen LogP contribution in [0.5, 0.6) is 11.5 Å². The van der Waals surface area contributed by atoms with Gasteiger partial charge < -0.3 is 14.8 Å². The maximum atomic E-state index is 12.7. The van der Waals surface area contributed by atoms with Crippen LogP contribution in [0.25, 0.3) is 16.8 Å². The molecule has 5 nitrogen and oxygen atoms in total. The molecule has 0 saturated carbocycles. The van der Waals surface area contributed by atoms with Gasteiger partial charge in [0.1, 0.15) is 11.5 Å². The first-order chi connectivity index (χ1) is 15.5. The molecule has 1 N–H and O–H groups in total. The third kappa shape index (κ3) is 4.72. The van der Waals surface area contributed by atoms with E-state index in [-0.39, 0.29) is 5.91 Å². The summed E-state index contributed by atoms with van der Waals surface area (Å²) in [5, 5.41) is 5.92. The number of amides is 1. The number of fused-ring (bicyclic) bond motifs is 1. The number of rotatable bonds is 6. The lowest BCUT2D eigenvalue weighted by Crippen LogP contribution is -2.19. The molecule has 1 amide bonds. The number of amidine groups is 1. The van der Waals surface area contributed by atoms with Crippen LogP contribution in [0.4, 0.5) is 5.69 Å². The Morgan fingerprint density at radius 3 is 2.62 bits per heavy atom. The summed E-state index contributed by atoms with van der Waals surface area (Å²) in [6.45, 7) is 4.94. The van der Waals surface area contributed by atoms with Gasteiger partial charge in [-0.05, 0) is 72.8 Å². The van der Waals surface area contributed by atoms with Gasteiger partial charge in [-0.15, -0.1) is 0 Å². The number of nitrogens with one attached hydrogen (secondary N) is 1. The average Bonchev–Trinajstić information content (AvgIpc) is 3.12. The second kappa shape index (κ2) is 9.86. The van der Waals surface area contributed by atoms with E-state index in [2.05, 4.69) is 10.3 Å². The van der Waals surface area contributed by atoms with Gasteiger partial charge in [0.05, 0.1) is 33.9 Å². The van der Waals surface area contributed by atoms with Crippen molar-refractivity contribution in [2.24, 2.45) is 4.99 Å². The highest BCUT2D eigenvalue weighted by molar-refractivity contribution is 8.18. The number of hydrogen-bond donors (Lipinski definition) is 1. The number of carbonyl (C=O) groups excluding carboxylic acids is 1. The molecule has 164 valence electrons. The van der Waals surface area contributed by atoms with Crippen molar-refractivity contribution in [2.45, 2.75) is 13.8 Å². The number of hydrogen-bond acceptors (Lipinski definition) is 5. The molecular weight excluding hydrogens is 467 g/mol. The maximum absolute atomic E-state index is 12.7. The average molecular weight is 487 g/mol. The fraction of sp³-hybridized carbons (Fsp3) is 0.167. The van der Waals surface area contributed by atoms with Crippen molar-refractivity contribution in [3.8, 4) is 11.5 Å². The van der Waals surface area contributed by atoms with Crippen LogP contribution in [-0.4, -0.2) is 24.3 Å². The summed E-state index contributed by atoms with van der Waals surface area (Å²) < 4.78 is 11.5. The minimum Gasteiger partial charge on any atom is -0.494 e. The molecule has 0 aliphatic carbocycles. The Balaban J connectivity index is 1.76. The number of nitrogens with zero attached hydrogens (tertiary/aromatic N) is 1. The van der Waals surface area contributed by atoms with Gasteiger partial charge in [0.2, 0.25) is 0 Å². The van der Waals surface area contributed by atoms with Gasteiger partial charge in [-0.1, -0.05) is 41.4 Å². The zero-order valence-electron chi connectivity index (χ0n) is 17.4. The number of aliphatic imine (C=N–C) groups is 1. The monoisotopic (exact) mass is 486 g/mol. The minimum absolute atomic E-state index is 0.243. The molecule has 1 aliphatic rings. The molecule has 8 heteroatoms. The zero-order valence-corrected chi connectivity index (χ0v) is 19.8. The Kier molecular flexibility index (Phi) is 6.94. The van der Waals surface area contributed by atoms with E-state index in [9.17, 15) is 4.79 Å². The summed E-state index contributed by atoms with van der Waals surface area (Å²) in [4.78, 5) is 17.7. The van der Waals surface area contributed by atoms with Gasteiger partial charge in [-0.25, -0.2) is 4.99 Å². The molecular formula is C24H20Cl2N2O3S. The molecule has 3 aromatic carbocycles. The largest absolute Gasteiger partial charge is 0.494 e. The molecule has 4 rings (SSSR count). The molecule has 1 heterocycles. The van der Waals surface area contributed by atoms with Crippen LogP contribution in [0.3, 0.4) is 0 Å². The number of ether oxygens (including phenoxy) is 2. The molecule has 0 aromatic heterocycles. The Hall–Kier alpha value is -2.67. The Morgan fingerprint density at radius 1 is 1.06 bits per heavy atom. The predicted molar refractivity (Wildman–Crippen MR) is 134 cm³/mol. The third-order valence-electron chi connectivity index (χ3n) is 4.69. The van der Waals surface area contributed by atoms with Crippen LogP contribution >= 0.6 is 35.0 Å². The summed E-state index contributed by atoms with van der Waals surface area (Å²) in [6, 6.07) is 15.0. The minimum atomic E-state index is -0.243. The van der Waals surface area contributed by atoms with Crippen molar-refractivity contribution in [1.82, 2.24) is 5.32 Å². The van der Waals surface area contributed by atoms with Gasteiger partial charge in [-0.3, -0.25) is 4.79 Å². The van der Waals surface area contributed by atoms with Crippen molar-refractivity contribution in [1.29, 1.82) is 0 Å². The summed E-state index contributed by atoms with van der Waals surface area (Å²) in [5.41, 5.74) is 1.30. The molecule has 0 radical (unpaired) electrons. The summed E-state index contributed by atoms with van der Waals surface area (Å²) in [7, 11) is 0. The van der Waals surface area contributed by atoms with Crippen molar-refractivity contribution in [3.63, 3.8) is 0 Å². The first-order valence-electron chi connectivity index (χ1n) is 10.1. The Morgan fingerprint density at radius 2 is 1.84 bits per heavy atom. The highest BCUT2D eigenvalue weighted by atomic mass is 35.5. The molecule has 1 saturated heterocycles. The van der Waals surface area contributed by atoms with Crippen LogP contribution in [-0.2, 0) is 4.79 Å². The van der Waals surface area contributed by atoms with Gasteiger partial charge in [-0.2, -0.15) is 0 Å². The van der Waals surface area contributed by atoms with Gasteiger partial charge in [0, 0.05) is 5.56 Å². The first kappa shape index (κ1) is 22.5. The van der Waals surface area contributed by atoms with E-state index in [1.807, 2.05) is 50.3 Å². The van der Waals surface area contributed by atoms with E-state index in [1.54, 1.807) is 18.2 Å². The normalized spacial score (nSPS) is 16.1. The maximum Gasteiger partial charge on any atom is 0.264 e. The van der Waals surface area contributed by atoms with Crippen LogP contribution < -0.4 is 14.8 Å². The van der Waals surface area contributed by atoms with Crippen molar-refractivity contribution >= 4 is 68.6 Å². The Labute approximate surface area is 200 Å². The van der Waals surface area contributed by atoms with Gasteiger partial charge in [0.15, 0.2) is 5.17 Å². The van der Waals surface area contributed by atoms with Gasteiger partial charge >= 0.3 is 0 Å². The topological polar surface area (TPSA) is 59.9 Å². The standard InChI is InChI=1S/C24H20Cl2N2O3S/c1-3-30-15-10-8-14-9-11-20(31-4-2)17(16(14)12-15)13-21-23(29)28-24(32-21)27-19-7-5-6-18(25)22(19)26/h5-13H,3-4H2,1-2H3,(H,27,28,29)/b21-13-. The summed E-state index contributed by atoms with van der Waals surface area (Å²) >= 11 is 13.5. The highest BCUT2D eigenvalue weighted by Crippen LogP contribution is 2.37. The first-order valence-corrected chi connectivity index (χ1v) is 11.6. The number of halogens is 2. The van der Waals surface area contributed by atoms with Crippen molar-refractivity contribution in [2.75, 3.05) is 13.2 Å². The molecule has 1 aliphatic heterocycles. The summed E-state index contributed by atoms with van der Waals surface area (Å²) in [5.74, 6) is 1.21. The molecule has 1 fully saturated rings. The molecule has 0 bridgehead atoms. The molecule has 3 aromatic rings. The van der Waals surface area contributed by atoms with Gasteiger partial charge in [0.25, 0.3) is 5.91 Å². The number of thioether (sulfide) groups is 1. The van der Waals surface area contributed by atoms with E-state index in [0.717, 1.165) is 22.1 Å². The lowest BCUT2D eigenvalue weighted by atomic mass is 10.0. The fourth-order valence-corrected chi connectivity index (χ4v) is 4.44. The fourth-order valence-electron chi connectivity index (χ4n) is 3.29. The highest BCUT2D eigenvalue weighted by Gasteiger charge is 2.25. The lowest BCUT2D eigenvalue weighted by Gasteiger charge is -2.12. The van der Waals surface area contributed by atoms with Crippen LogP contribution in [0.2, 0.25) is 10.0 Å². The SMILES string of the molecule is CCOc1ccc2ccc(OCC)c(/C=C3\SC(=Nc4cccc(Cl)c4Cl)NC3=O)c2c1. The predicted octanol–water partition coefficient (Wildman–Crippen LogP) is 6.84. The quantitative estimate of drug-likeness (QED) is 0.387.